The summed E-state index contributed by atoms with van der Waals surface area (Å²) in [7, 11) is 9.11. The summed E-state index contributed by atoms with van der Waals surface area (Å²) in [6.07, 6.45) is 25.1. The molecule has 0 heterocycles. The molecule has 36 heavy (non-hydrogen) atoms. The fourth-order valence-electron chi connectivity index (χ4n) is 5.61. The zero-order valence-electron chi connectivity index (χ0n) is 25.9. The van der Waals surface area contributed by atoms with Crippen LogP contribution in [0.5, 0.6) is 0 Å². The predicted molar refractivity (Wildman–Crippen MR) is 159 cm³/mol. The number of quaternary nitrogens is 2. The molecule has 0 saturated carbocycles. The number of aliphatic hydroxyl groups is 2. The van der Waals surface area contributed by atoms with E-state index in [-0.39, 0.29) is 12.2 Å². The molecule has 2 atom stereocenters. The molecule has 0 radical (unpaired) electrons. The number of hydrogen-bond donors (Lipinski definition) is 2. The third-order valence-electron chi connectivity index (χ3n) is 7.97. The molecule has 0 aliphatic heterocycles. The fourth-order valence-corrected chi connectivity index (χ4v) is 5.61. The largest absolute Gasteiger partial charge is 0.387 e. The second kappa shape index (κ2) is 22.8. The molecular formula is C32H70N2O2+2. The number of rotatable bonds is 27. The van der Waals surface area contributed by atoms with Crippen molar-refractivity contribution in [2.24, 2.45) is 0 Å². The van der Waals surface area contributed by atoms with Gasteiger partial charge in [0.1, 0.15) is 25.3 Å². The van der Waals surface area contributed by atoms with E-state index in [2.05, 4.69) is 42.0 Å². The molecule has 0 bridgehead atoms. The average Bonchev–Trinajstić information content (AvgIpc) is 2.79. The van der Waals surface area contributed by atoms with Crippen molar-refractivity contribution in [1.82, 2.24) is 0 Å². The van der Waals surface area contributed by atoms with E-state index in [9.17, 15) is 10.2 Å². The van der Waals surface area contributed by atoms with Crippen LogP contribution in [0.25, 0.3) is 0 Å². The normalized spacial score (nSPS) is 14.3. The summed E-state index contributed by atoms with van der Waals surface area (Å²) in [6, 6.07) is 0. The minimum Gasteiger partial charge on any atom is -0.387 e. The van der Waals surface area contributed by atoms with Crippen molar-refractivity contribution in [2.75, 3.05) is 54.4 Å². The molecule has 0 amide bonds. The van der Waals surface area contributed by atoms with E-state index in [4.69, 9.17) is 0 Å². The molecule has 2 N–H and O–H groups in total. The van der Waals surface area contributed by atoms with Crippen LogP contribution in [0.3, 0.4) is 0 Å². The zero-order valence-corrected chi connectivity index (χ0v) is 25.9. The number of unbranched alkanes of at least 4 members (excludes halogenated alkanes) is 15. The highest BCUT2D eigenvalue weighted by molar-refractivity contribution is 4.58. The first kappa shape index (κ1) is 35.8. The zero-order chi connectivity index (χ0) is 27.1. The van der Waals surface area contributed by atoms with Gasteiger partial charge in [0.15, 0.2) is 0 Å². The van der Waals surface area contributed by atoms with Gasteiger partial charge in [0.05, 0.1) is 41.3 Å². The van der Waals surface area contributed by atoms with E-state index in [0.29, 0.717) is 0 Å². The second-order valence-electron chi connectivity index (χ2n) is 13.2. The van der Waals surface area contributed by atoms with Gasteiger partial charge < -0.3 is 19.2 Å². The van der Waals surface area contributed by atoms with Crippen molar-refractivity contribution in [2.45, 2.75) is 154 Å². The quantitative estimate of drug-likeness (QED) is 0.0870. The van der Waals surface area contributed by atoms with E-state index in [1.807, 2.05) is 0 Å². The summed E-state index contributed by atoms with van der Waals surface area (Å²) in [5.74, 6) is 0. The Labute approximate surface area is 228 Å². The van der Waals surface area contributed by atoms with Gasteiger partial charge >= 0.3 is 0 Å². The van der Waals surface area contributed by atoms with E-state index >= 15 is 0 Å². The SMILES string of the molecule is CCCCCCCCCC(O)C[N+](C)(C)CCCCCC[N+](C)(C)CC(O)CCCCCCCCC. The molecule has 0 aliphatic carbocycles. The van der Waals surface area contributed by atoms with Crippen molar-refractivity contribution in [3.8, 4) is 0 Å². The molecule has 0 aromatic rings. The molecule has 4 heteroatoms. The third kappa shape index (κ3) is 24.2. The molecule has 0 aromatic heterocycles. The average molecular weight is 515 g/mol. The first-order chi connectivity index (χ1) is 17.1. The Morgan fingerprint density at radius 3 is 1.03 bits per heavy atom. The number of aliphatic hydroxyl groups excluding tert-OH is 2. The minimum absolute atomic E-state index is 0.152. The predicted octanol–water partition coefficient (Wildman–Crippen LogP) is 7.70. The summed E-state index contributed by atoms with van der Waals surface area (Å²) in [5.41, 5.74) is 0. The molecule has 0 fully saturated rings. The van der Waals surface area contributed by atoms with E-state index in [0.717, 1.165) is 48.0 Å². The number of hydrogen-bond acceptors (Lipinski definition) is 2. The first-order valence-electron chi connectivity index (χ1n) is 16.1. The van der Waals surface area contributed by atoms with Gasteiger partial charge in [-0.3, -0.25) is 0 Å². The molecule has 2 unspecified atom stereocenters. The number of nitrogens with zero attached hydrogens (tertiary/aromatic N) is 2. The minimum atomic E-state index is -0.152. The molecule has 0 spiro atoms. The van der Waals surface area contributed by atoms with Crippen LogP contribution in [0.4, 0.5) is 0 Å². The maximum absolute atomic E-state index is 10.5. The number of likely N-dealkylation sites (N-methyl/N-ethyl adjacent to an activating group) is 2. The lowest BCUT2D eigenvalue weighted by molar-refractivity contribution is -0.894. The summed E-state index contributed by atoms with van der Waals surface area (Å²) in [5, 5.41) is 21.0. The summed E-state index contributed by atoms with van der Waals surface area (Å²) < 4.78 is 1.87. The van der Waals surface area contributed by atoms with Crippen molar-refractivity contribution >= 4 is 0 Å². The lowest BCUT2D eigenvalue weighted by Crippen LogP contribution is -2.46. The second-order valence-corrected chi connectivity index (χ2v) is 13.2. The highest BCUT2D eigenvalue weighted by atomic mass is 16.3. The van der Waals surface area contributed by atoms with Gasteiger partial charge in [-0.2, -0.15) is 0 Å². The fraction of sp³-hybridized carbons (Fsp3) is 1.00. The van der Waals surface area contributed by atoms with Gasteiger partial charge in [-0.25, -0.2) is 0 Å². The van der Waals surface area contributed by atoms with Crippen LogP contribution in [0.15, 0.2) is 0 Å². The standard InChI is InChI=1S/C32H70N2O2/c1-7-9-11-13-15-17-21-25-31(35)29-33(3,4)27-23-19-20-24-28-34(5,6)30-32(36)26-22-18-16-14-12-10-8-2/h31-32,35-36H,7-30H2,1-6H3/q+2. The first-order valence-corrected chi connectivity index (χ1v) is 16.1. The van der Waals surface area contributed by atoms with Gasteiger partial charge in [-0.1, -0.05) is 104 Å². The van der Waals surface area contributed by atoms with Gasteiger partial charge in [0.2, 0.25) is 0 Å². The van der Waals surface area contributed by atoms with E-state index in [1.165, 1.54) is 116 Å². The highest BCUT2D eigenvalue weighted by Crippen LogP contribution is 2.15. The Morgan fingerprint density at radius 2 is 0.694 bits per heavy atom. The Kier molecular flexibility index (Phi) is 22.7. The maximum atomic E-state index is 10.5. The van der Waals surface area contributed by atoms with Crippen LogP contribution in [0.1, 0.15) is 142 Å². The van der Waals surface area contributed by atoms with Crippen LogP contribution in [0, 0.1) is 0 Å². The van der Waals surface area contributed by atoms with Gasteiger partial charge in [0.25, 0.3) is 0 Å². The van der Waals surface area contributed by atoms with Crippen molar-refractivity contribution in [3.05, 3.63) is 0 Å². The van der Waals surface area contributed by atoms with Gasteiger partial charge in [-0.05, 0) is 38.5 Å². The summed E-state index contributed by atoms with van der Waals surface area (Å²) in [6.45, 7) is 8.62. The highest BCUT2D eigenvalue weighted by Gasteiger charge is 2.21. The Balaban J connectivity index is 3.79. The summed E-state index contributed by atoms with van der Waals surface area (Å²) in [4.78, 5) is 0. The van der Waals surface area contributed by atoms with Crippen LogP contribution in [-0.2, 0) is 0 Å². The molecule has 0 saturated heterocycles. The molecule has 218 valence electrons. The van der Waals surface area contributed by atoms with Crippen LogP contribution in [-0.4, -0.2) is 85.8 Å². The molecular weight excluding hydrogens is 444 g/mol. The Bertz CT molecular complexity index is 425. The van der Waals surface area contributed by atoms with Crippen LogP contribution >= 0.6 is 0 Å². The topological polar surface area (TPSA) is 40.5 Å². The van der Waals surface area contributed by atoms with Crippen LogP contribution in [0.2, 0.25) is 0 Å². The van der Waals surface area contributed by atoms with Crippen molar-refractivity contribution < 1.29 is 19.2 Å². The monoisotopic (exact) mass is 515 g/mol. The Hall–Kier alpha value is -0.160. The molecule has 0 aliphatic rings. The van der Waals surface area contributed by atoms with Crippen molar-refractivity contribution in [1.29, 1.82) is 0 Å². The molecule has 0 rings (SSSR count). The lowest BCUT2D eigenvalue weighted by atomic mass is 10.1. The smallest absolute Gasteiger partial charge is 0.105 e. The molecule has 4 nitrogen and oxygen atoms in total. The third-order valence-corrected chi connectivity index (χ3v) is 7.97. The van der Waals surface area contributed by atoms with Gasteiger partial charge in [0, 0.05) is 0 Å². The van der Waals surface area contributed by atoms with Gasteiger partial charge in [-0.15, -0.1) is 0 Å². The van der Waals surface area contributed by atoms with Crippen molar-refractivity contribution in [3.63, 3.8) is 0 Å². The molecule has 0 aromatic carbocycles. The lowest BCUT2D eigenvalue weighted by Gasteiger charge is -2.33. The summed E-state index contributed by atoms with van der Waals surface area (Å²) >= 11 is 0. The van der Waals surface area contributed by atoms with E-state index < -0.39 is 0 Å². The maximum Gasteiger partial charge on any atom is 0.105 e. The Morgan fingerprint density at radius 1 is 0.417 bits per heavy atom. The van der Waals surface area contributed by atoms with Crippen LogP contribution < -0.4 is 0 Å². The van der Waals surface area contributed by atoms with E-state index in [1.54, 1.807) is 0 Å².